The van der Waals surface area contributed by atoms with Gasteiger partial charge in [0.1, 0.15) is 17.9 Å². The van der Waals surface area contributed by atoms with E-state index in [0.29, 0.717) is 36.2 Å². The van der Waals surface area contributed by atoms with E-state index in [1.54, 1.807) is 18.5 Å². The van der Waals surface area contributed by atoms with Gasteiger partial charge in [-0.1, -0.05) is 13.8 Å². The number of nitrogens with zero attached hydrogens (tertiary/aromatic N) is 6. The van der Waals surface area contributed by atoms with Gasteiger partial charge in [-0.3, -0.25) is 14.2 Å². The average Bonchev–Trinajstić information content (AvgIpc) is 3.64. The molecular weight excluding hydrogens is 501 g/mol. The molecule has 0 aromatic carbocycles. The number of aromatic nitrogens is 7. The molecule has 11 nitrogen and oxygen atoms in total. The molecule has 3 N–H and O–H groups in total. The van der Waals surface area contributed by atoms with Crippen molar-refractivity contribution in [2.75, 3.05) is 5.32 Å². The van der Waals surface area contributed by atoms with E-state index in [2.05, 4.69) is 44.8 Å². The maximum absolute atomic E-state index is 15.4. The summed E-state index contributed by atoms with van der Waals surface area (Å²) in [5.41, 5.74) is 2.92. The molecule has 12 heteroatoms. The van der Waals surface area contributed by atoms with E-state index in [4.69, 9.17) is 9.72 Å². The molecule has 4 aliphatic rings. The van der Waals surface area contributed by atoms with E-state index in [-0.39, 0.29) is 5.54 Å². The van der Waals surface area contributed by atoms with Gasteiger partial charge in [-0.15, -0.1) is 0 Å². The quantitative estimate of drug-likeness (QED) is 0.303. The lowest BCUT2D eigenvalue weighted by molar-refractivity contribution is -0.0532. The number of fused-ring (bicyclic) bond motifs is 1. The molecule has 4 aromatic heterocycles. The third-order valence-electron chi connectivity index (χ3n) is 8.27. The van der Waals surface area contributed by atoms with Gasteiger partial charge in [-0.05, 0) is 43.9 Å². The number of rotatable bonds is 8. The first kappa shape index (κ1) is 24.1. The summed E-state index contributed by atoms with van der Waals surface area (Å²) >= 11 is 0. The fourth-order valence-corrected chi connectivity index (χ4v) is 6.22. The fraction of sp³-hybridized carbons (Fsp3) is 0.519. The first-order chi connectivity index (χ1) is 18.8. The van der Waals surface area contributed by atoms with Crippen LogP contribution in [-0.2, 0) is 11.3 Å². The lowest BCUT2D eigenvalue weighted by Crippen LogP contribution is -2.68. The zero-order valence-electron chi connectivity index (χ0n) is 22.0. The third kappa shape index (κ3) is 4.41. The molecule has 8 rings (SSSR count). The second-order valence-corrected chi connectivity index (χ2v) is 11.8. The highest BCUT2D eigenvalue weighted by molar-refractivity contribution is 5.69. The van der Waals surface area contributed by atoms with Gasteiger partial charge in [0, 0.05) is 60.0 Å². The largest absolute Gasteiger partial charge is 0.443 e. The smallest absolute Gasteiger partial charge is 0.407 e. The highest BCUT2D eigenvalue weighted by Crippen LogP contribution is 2.57. The van der Waals surface area contributed by atoms with Gasteiger partial charge in [-0.2, -0.15) is 10.2 Å². The van der Waals surface area contributed by atoms with E-state index >= 15 is 4.39 Å². The average molecular weight is 534 g/mol. The van der Waals surface area contributed by atoms with Crippen molar-refractivity contribution in [3.05, 3.63) is 42.6 Å². The summed E-state index contributed by atoms with van der Waals surface area (Å²) < 4.78 is 24.6. The Hall–Kier alpha value is -3.96. The summed E-state index contributed by atoms with van der Waals surface area (Å²) in [7, 11) is 0. The molecule has 0 radical (unpaired) electrons. The number of amides is 1. The zero-order chi connectivity index (χ0) is 26.7. The molecule has 0 saturated heterocycles. The number of carbonyl (C=O) groups excluding carboxylic acids is 1. The van der Waals surface area contributed by atoms with E-state index in [1.807, 2.05) is 27.5 Å². The Morgan fingerprint density at radius 3 is 2.90 bits per heavy atom. The van der Waals surface area contributed by atoms with Crippen LogP contribution >= 0.6 is 0 Å². The SMILES string of the molecule is CC(C)Cn1cc(-c2cc3nccn3c(Nc3cc([C@H]4CC[C@@H](OC(=O)NC56CC(C5)C6)[C@@H]4F)[nH]n3)n2)cn1. The lowest BCUT2D eigenvalue weighted by Gasteiger charge is -2.61. The number of H-pyrrole nitrogens is 1. The van der Waals surface area contributed by atoms with Crippen LogP contribution in [0.25, 0.3) is 16.9 Å². The predicted octanol–water partition coefficient (Wildman–Crippen LogP) is 4.58. The Kier molecular flexibility index (Phi) is 5.60. The Morgan fingerprint density at radius 2 is 2.13 bits per heavy atom. The Bertz CT molecular complexity index is 1510. The molecule has 4 aromatic rings. The van der Waals surface area contributed by atoms with Crippen LogP contribution in [0, 0.1) is 11.8 Å². The van der Waals surface area contributed by atoms with Gasteiger partial charge in [-0.25, -0.2) is 19.2 Å². The van der Waals surface area contributed by atoms with E-state index < -0.39 is 24.3 Å². The molecule has 4 saturated carbocycles. The number of imidazole rings is 1. The maximum Gasteiger partial charge on any atom is 0.407 e. The van der Waals surface area contributed by atoms with Gasteiger partial charge in [0.05, 0.1) is 11.9 Å². The molecule has 2 bridgehead atoms. The van der Waals surface area contributed by atoms with Crippen LogP contribution in [0.5, 0.6) is 0 Å². The van der Waals surface area contributed by atoms with Crippen molar-refractivity contribution in [3.63, 3.8) is 0 Å². The maximum atomic E-state index is 15.4. The molecule has 4 heterocycles. The van der Waals surface area contributed by atoms with Crippen molar-refractivity contribution in [2.45, 2.75) is 76.2 Å². The van der Waals surface area contributed by atoms with Crippen LogP contribution in [0.1, 0.15) is 57.6 Å². The summed E-state index contributed by atoms with van der Waals surface area (Å²) in [6, 6.07) is 3.70. The molecule has 204 valence electrons. The molecule has 1 amide bonds. The van der Waals surface area contributed by atoms with Crippen molar-refractivity contribution in [3.8, 4) is 11.3 Å². The fourth-order valence-electron chi connectivity index (χ4n) is 6.22. The highest BCUT2D eigenvalue weighted by atomic mass is 19.1. The standard InChI is InChI=1S/C27H32FN9O2/c1-15(2)13-36-14-17(12-30-36)19-8-23-29-5-6-37(23)25(31-19)32-22-7-20(34-35-22)18-3-4-21(24(18)28)39-26(38)33-27-9-16(10-27)11-27/h5-8,12,14-16,18,21,24H,3-4,9-11,13H2,1-2H3,(H,33,38)(H2,31,32,34,35)/t16?,18-,21-,24-,27?/m1/s1. The van der Waals surface area contributed by atoms with Crippen LogP contribution in [-0.4, -0.2) is 58.3 Å². The van der Waals surface area contributed by atoms with E-state index in [9.17, 15) is 4.79 Å². The molecular formula is C27H32FN9O2. The number of hydrogen-bond acceptors (Lipinski definition) is 7. The number of carbonyl (C=O) groups is 1. The van der Waals surface area contributed by atoms with Crippen molar-refractivity contribution >= 4 is 23.5 Å². The first-order valence-corrected chi connectivity index (χ1v) is 13.7. The Balaban J connectivity index is 1.05. The lowest BCUT2D eigenvalue weighted by atomic mass is 9.50. The van der Waals surface area contributed by atoms with E-state index in [0.717, 1.165) is 48.6 Å². The second kappa shape index (κ2) is 9.06. The van der Waals surface area contributed by atoms with E-state index in [1.165, 1.54) is 0 Å². The van der Waals surface area contributed by atoms with Crippen LogP contribution in [0.2, 0.25) is 0 Å². The number of halogens is 1. The van der Waals surface area contributed by atoms with Gasteiger partial charge in [0.2, 0.25) is 5.95 Å². The number of alkyl carbamates (subject to hydrolysis) is 1. The minimum absolute atomic E-state index is 0.0872. The number of alkyl halides is 1. The van der Waals surface area contributed by atoms with Crippen molar-refractivity contribution in [2.24, 2.45) is 11.8 Å². The molecule has 0 unspecified atom stereocenters. The zero-order valence-corrected chi connectivity index (χ0v) is 22.0. The summed E-state index contributed by atoms with van der Waals surface area (Å²) in [6.07, 6.45) is 8.83. The van der Waals surface area contributed by atoms with Gasteiger partial charge in [0.25, 0.3) is 0 Å². The molecule has 3 atom stereocenters. The topological polar surface area (TPSA) is 127 Å². The predicted molar refractivity (Wildman–Crippen MR) is 141 cm³/mol. The normalized spacial score (nSPS) is 27.4. The number of nitrogens with one attached hydrogen (secondary N) is 3. The summed E-state index contributed by atoms with van der Waals surface area (Å²) in [6.45, 7) is 5.12. The number of anilines is 2. The minimum atomic E-state index is -1.30. The van der Waals surface area contributed by atoms with Gasteiger partial charge >= 0.3 is 6.09 Å². The summed E-state index contributed by atoms with van der Waals surface area (Å²) in [5.74, 6) is 1.84. The number of ether oxygens (including phenoxy) is 1. The van der Waals surface area contributed by atoms with Crippen molar-refractivity contribution < 1.29 is 13.9 Å². The monoisotopic (exact) mass is 533 g/mol. The van der Waals surface area contributed by atoms with Crippen molar-refractivity contribution in [1.82, 2.24) is 39.7 Å². The molecule has 39 heavy (non-hydrogen) atoms. The minimum Gasteiger partial charge on any atom is -0.443 e. The Labute approximate surface area is 224 Å². The molecule has 0 spiro atoms. The highest BCUT2D eigenvalue weighted by Gasteiger charge is 2.58. The second-order valence-electron chi connectivity index (χ2n) is 11.8. The number of aromatic amines is 1. The summed E-state index contributed by atoms with van der Waals surface area (Å²) in [5, 5.41) is 18.0. The van der Waals surface area contributed by atoms with Gasteiger partial charge in [0.15, 0.2) is 5.82 Å². The number of hydrogen-bond donors (Lipinski definition) is 3. The van der Waals surface area contributed by atoms with Gasteiger partial charge < -0.3 is 15.4 Å². The van der Waals surface area contributed by atoms with Crippen LogP contribution in [0.4, 0.5) is 21.0 Å². The molecule has 4 aliphatic carbocycles. The van der Waals surface area contributed by atoms with Crippen LogP contribution in [0.15, 0.2) is 36.9 Å². The molecule has 4 fully saturated rings. The Morgan fingerprint density at radius 1 is 1.28 bits per heavy atom. The third-order valence-corrected chi connectivity index (χ3v) is 8.27. The molecule has 0 aliphatic heterocycles. The van der Waals surface area contributed by atoms with Crippen molar-refractivity contribution in [1.29, 1.82) is 0 Å². The van der Waals surface area contributed by atoms with Crippen LogP contribution < -0.4 is 10.6 Å². The summed E-state index contributed by atoms with van der Waals surface area (Å²) in [4.78, 5) is 21.6. The van der Waals surface area contributed by atoms with Crippen LogP contribution in [0.3, 0.4) is 0 Å². The first-order valence-electron chi connectivity index (χ1n) is 13.7.